The molecule has 0 spiro atoms. The van der Waals surface area contributed by atoms with Crippen LogP contribution < -0.4 is 5.32 Å². The Balaban J connectivity index is 1.77. The van der Waals surface area contributed by atoms with Gasteiger partial charge in [0.15, 0.2) is 6.61 Å². The number of anilines is 1. The van der Waals surface area contributed by atoms with E-state index in [2.05, 4.69) is 11.4 Å². The number of rotatable bonds is 7. The number of carbonyl (C=O) groups is 2. The smallest absolute Gasteiger partial charge is 0.319 e. The van der Waals surface area contributed by atoms with Crippen molar-refractivity contribution in [3.05, 3.63) is 60.2 Å². The van der Waals surface area contributed by atoms with Gasteiger partial charge >= 0.3 is 5.97 Å². The SMILES string of the molecule is C[C@@H](Sc1ccccc1)C(=O)OCC(=O)Nc1ccc(CC#N)cc1. The molecule has 0 saturated carbocycles. The third-order valence-electron chi connectivity index (χ3n) is 3.25. The fourth-order valence-electron chi connectivity index (χ4n) is 2.00. The Morgan fingerprint density at radius 2 is 1.84 bits per heavy atom. The van der Waals surface area contributed by atoms with Crippen LogP contribution in [0.3, 0.4) is 0 Å². The van der Waals surface area contributed by atoms with E-state index in [-0.39, 0.29) is 6.61 Å². The summed E-state index contributed by atoms with van der Waals surface area (Å²) in [5.41, 5.74) is 1.47. The predicted molar refractivity (Wildman–Crippen MR) is 97.1 cm³/mol. The second kappa shape index (κ2) is 9.50. The van der Waals surface area contributed by atoms with Crippen molar-refractivity contribution in [2.45, 2.75) is 23.5 Å². The zero-order chi connectivity index (χ0) is 18.1. The molecule has 0 aliphatic heterocycles. The first-order chi connectivity index (χ1) is 12.1. The summed E-state index contributed by atoms with van der Waals surface area (Å²) in [7, 11) is 0. The molecule has 0 fully saturated rings. The number of nitrogens with zero attached hydrogens (tertiary/aromatic N) is 1. The van der Waals surface area contributed by atoms with Crippen molar-refractivity contribution in [3.8, 4) is 6.07 Å². The molecule has 0 heterocycles. The summed E-state index contributed by atoms with van der Waals surface area (Å²) in [6.45, 7) is 1.41. The van der Waals surface area contributed by atoms with Crippen LogP contribution >= 0.6 is 11.8 Å². The molecule has 0 aliphatic rings. The Labute approximate surface area is 151 Å². The molecular formula is C19H18N2O3S. The van der Waals surface area contributed by atoms with Gasteiger partial charge in [0.1, 0.15) is 5.25 Å². The molecule has 1 N–H and O–H groups in total. The van der Waals surface area contributed by atoms with Crippen molar-refractivity contribution >= 4 is 29.3 Å². The van der Waals surface area contributed by atoms with Crippen molar-refractivity contribution in [3.63, 3.8) is 0 Å². The first-order valence-corrected chi connectivity index (χ1v) is 8.60. The van der Waals surface area contributed by atoms with Gasteiger partial charge in [-0.25, -0.2) is 0 Å². The van der Waals surface area contributed by atoms with E-state index in [4.69, 9.17) is 10.00 Å². The largest absolute Gasteiger partial charge is 0.455 e. The summed E-state index contributed by atoms with van der Waals surface area (Å²) in [5, 5.41) is 10.9. The number of thioether (sulfide) groups is 1. The molecule has 25 heavy (non-hydrogen) atoms. The highest BCUT2D eigenvalue weighted by Crippen LogP contribution is 2.23. The average Bonchev–Trinajstić information content (AvgIpc) is 2.62. The fraction of sp³-hybridized carbons (Fsp3) is 0.211. The molecule has 0 unspecified atom stereocenters. The van der Waals surface area contributed by atoms with E-state index in [0.29, 0.717) is 12.1 Å². The zero-order valence-corrected chi connectivity index (χ0v) is 14.6. The van der Waals surface area contributed by atoms with Gasteiger partial charge in [-0.1, -0.05) is 30.3 Å². The van der Waals surface area contributed by atoms with Gasteiger partial charge in [-0.3, -0.25) is 9.59 Å². The Kier molecular flexibility index (Phi) is 7.05. The van der Waals surface area contributed by atoms with Gasteiger partial charge in [-0.05, 0) is 36.8 Å². The van der Waals surface area contributed by atoms with E-state index >= 15 is 0 Å². The maximum atomic E-state index is 12.0. The van der Waals surface area contributed by atoms with E-state index in [0.717, 1.165) is 10.5 Å². The third kappa shape index (κ3) is 6.32. The first-order valence-electron chi connectivity index (χ1n) is 7.72. The van der Waals surface area contributed by atoms with Crippen molar-refractivity contribution in [1.82, 2.24) is 0 Å². The minimum absolute atomic E-state index is 0.322. The molecule has 0 bridgehead atoms. The molecule has 2 rings (SSSR count). The van der Waals surface area contributed by atoms with Gasteiger partial charge in [0, 0.05) is 10.6 Å². The van der Waals surface area contributed by atoms with Crippen molar-refractivity contribution in [2.75, 3.05) is 11.9 Å². The van der Waals surface area contributed by atoms with Crippen LogP contribution in [0.2, 0.25) is 0 Å². The van der Waals surface area contributed by atoms with Crippen LogP contribution in [0.5, 0.6) is 0 Å². The number of benzene rings is 2. The molecule has 128 valence electrons. The monoisotopic (exact) mass is 354 g/mol. The summed E-state index contributed by atoms with van der Waals surface area (Å²) in [4.78, 5) is 24.8. The number of carbonyl (C=O) groups excluding carboxylic acids is 2. The number of nitrogens with one attached hydrogen (secondary N) is 1. The van der Waals surface area contributed by atoms with Crippen LogP contribution in [0.25, 0.3) is 0 Å². The standard InChI is InChI=1S/C19H18N2O3S/c1-14(25-17-5-3-2-4-6-17)19(23)24-13-18(22)21-16-9-7-15(8-10-16)11-12-20/h2-10,14H,11,13H2,1H3,(H,21,22)/t14-/m1/s1. The lowest BCUT2D eigenvalue weighted by Crippen LogP contribution is -2.24. The van der Waals surface area contributed by atoms with Crippen LogP contribution in [0.4, 0.5) is 5.69 Å². The summed E-state index contributed by atoms with van der Waals surface area (Å²) in [6, 6.07) is 18.5. The molecule has 2 aromatic rings. The summed E-state index contributed by atoms with van der Waals surface area (Å²) >= 11 is 1.38. The molecule has 1 amide bonds. The third-order valence-corrected chi connectivity index (χ3v) is 4.34. The van der Waals surface area contributed by atoms with Crippen LogP contribution in [0.1, 0.15) is 12.5 Å². The zero-order valence-electron chi connectivity index (χ0n) is 13.8. The van der Waals surface area contributed by atoms with Gasteiger partial charge in [0.25, 0.3) is 5.91 Å². The number of hydrogen-bond donors (Lipinski definition) is 1. The normalized spacial score (nSPS) is 11.2. The van der Waals surface area contributed by atoms with Gasteiger partial charge < -0.3 is 10.1 Å². The van der Waals surface area contributed by atoms with E-state index in [1.807, 2.05) is 30.3 Å². The molecule has 1 atom stereocenters. The summed E-state index contributed by atoms with van der Waals surface area (Å²) < 4.78 is 5.06. The molecular weight excluding hydrogens is 336 g/mol. The average molecular weight is 354 g/mol. The molecule has 0 aromatic heterocycles. The van der Waals surface area contributed by atoms with Crippen LogP contribution in [0.15, 0.2) is 59.5 Å². The molecule has 0 radical (unpaired) electrons. The molecule has 0 saturated heterocycles. The maximum Gasteiger partial charge on any atom is 0.319 e. The highest BCUT2D eigenvalue weighted by molar-refractivity contribution is 8.00. The lowest BCUT2D eigenvalue weighted by Gasteiger charge is -2.11. The second-order valence-electron chi connectivity index (χ2n) is 5.26. The Bertz CT molecular complexity index is 754. The van der Waals surface area contributed by atoms with Crippen molar-refractivity contribution in [2.24, 2.45) is 0 Å². The van der Waals surface area contributed by atoms with E-state index in [1.165, 1.54) is 11.8 Å². The highest BCUT2D eigenvalue weighted by Gasteiger charge is 2.17. The fourth-order valence-corrected chi connectivity index (χ4v) is 2.89. The van der Waals surface area contributed by atoms with Crippen LogP contribution in [-0.2, 0) is 20.7 Å². The lowest BCUT2D eigenvalue weighted by atomic mass is 10.1. The quantitative estimate of drug-likeness (QED) is 0.609. The Morgan fingerprint density at radius 1 is 1.16 bits per heavy atom. The van der Waals surface area contributed by atoms with E-state index in [9.17, 15) is 9.59 Å². The topological polar surface area (TPSA) is 79.2 Å². The summed E-state index contributed by atoms with van der Waals surface area (Å²) in [6.07, 6.45) is 0.322. The van der Waals surface area contributed by atoms with E-state index < -0.39 is 17.1 Å². The number of ether oxygens (including phenoxy) is 1. The lowest BCUT2D eigenvalue weighted by molar-refractivity contribution is -0.146. The van der Waals surface area contributed by atoms with Crippen molar-refractivity contribution < 1.29 is 14.3 Å². The van der Waals surface area contributed by atoms with Crippen molar-refractivity contribution in [1.29, 1.82) is 5.26 Å². The summed E-state index contributed by atoms with van der Waals surface area (Å²) in [5.74, 6) is -0.841. The predicted octanol–water partition coefficient (Wildman–Crippen LogP) is 3.42. The van der Waals surface area contributed by atoms with Gasteiger partial charge in [0.2, 0.25) is 0 Å². The molecule has 5 nitrogen and oxygen atoms in total. The number of hydrogen-bond acceptors (Lipinski definition) is 5. The Morgan fingerprint density at radius 3 is 2.48 bits per heavy atom. The minimum atomic E-state index is -0.437. The number of nitriles is 1. The van der Waals surface area contributed by atoms with Crippen LogP contribution in [-0.4, -0.2) is 23.7 Å². The molecule has 6 heteroatoms. The Hall–Kier alpha value is -2.78. The molecule has 0 aliphatic carbocycles. The van der Waals surface area contributed by atoms with Gasteiger partial charge in [-0.15, -0.1) is 11.8 Å². The van der Waals surface area contributed by atoms with Gasteiger partial charge in [-0.2, -0.15) is 5.26 Å². The minimum Gasteiger partial charge on any atom is -0.455 e. The molecule has 2 aromatic carbocycles. The number of esters is 1. The maximum absolute atomic E-state index is 12.0. The van der Waals surface area contributed by atoms with E-state index in [1.54, 1.807) is 31.2 Å². The highest BCUT2D eigenvalue weighted by atomic mass is 32.2. The van der Waals surface area contributed by atoms with Gasteiger partial charge in [0.05, 0.1) is 12.5 Å². The second-order valence-corrected chi connectivity index (χ2v) is 6.68. The van der Waals surface area contributed by atoms with Crippen LogP contribution in [0, 0.1) is 11.3 Å². The first kappa shape index (κ1) is 18.6. The number of amides is 1.